The minimum atomic E-state index is -0.551. The standard InChI is InChI=1S/C21H24N2O4S/c1-14-6-8-17(9-7-14)28-20-18(5-4-10-22-20)21(25)26-13-19(24)23-11-15(2)27-16(3)12-23/h4-10,15-16H,11-13H2,1-3H3/t15-,16+. The summed E-state index contributed by atoms with van der Waals surface area (Å²) in [5, 5.41) is 0.553. The summed E-state index contributed by atoms with van der Waals surface area (Å²) in [6, 6.07) is 11.3. The van der Waals surface area contributed by atoms with Crippen LogP contribution >= 0.6 is 11.8 Å². The summed E-state index contributed by atoms with van der Waals surface area (Å²) < 4.78 is 10.9. The molecule has 0 spiro atoms. The number of nitrogens with zero attached hydrogens (tertiary/aromatic N) is 2. The molecule has 1 saturated heterocycles. The van der Waals surface area contributed by atoms with Gasteiger partial charge in [-0.25, -0.2) is 9.78 Å². The second kappa shape index (κ2) is 9.21. The number of morpholine rings is 1. The Balaban J connectivity index is 1.63. The van der Waals surface area contributed by atoms with Crippen LogP contribution in [0.1, 0.15) is 29.8 Å². The quantitative estimate of drug-likeness (QED) is 0.717. The third-order valence-electron chi connectivity index (χ3n) is 4.33. The molecule has 0 N–H and O–H groups in total. The molecule has 7 heteroatoms. The summed E-state index contributed by atoms with van der Waals surface area (Å²) in [6.45, 7) is 6.58. The maximum Gasteiger partial charge on any atom is 0.341 e. The van der Waals surface area contributed by atoms with E-state index in [0.717, 1.165) is 10.5 Å². The topological polar surface area (TPSA) is 68.7 Å². The van der Waals surface area contributed by atoms with Gasteiger partial charge in [-0.15, -0.1) is 0 Å². The summed E-state index contributed by atoms with van der Waals surface area (Å²) >= 11 is 1.39. The van der Waals surface area contributed by atoms with Crippen molar-refractivity contribution in [2.45, 2.75) is 42.9 Å². The van der Waals surface area contributed by atoms with E-state index in [-0.39, 0.29) is 24.7 Å². The maximum absolute atomic E-state index is 12.6. The lowest BCUT2D eigenvalue weighted by Crippen LogP contribution is -2.49. The van der Waals surface area contributed by atoms with Crippen LogP contribution in [0.2, 0.25) is 0 Å². The van der Waals surface area contributed by atoms with Crippen LogP contribution < -0.4 is 0 Å². The van der Waals surface area contributed by atoms with Gasteiger partial charge in [0.15, 0.2) is 6.61 Å². The fourth-order valence-electron chi connectivity index (χ4n) is 3.02. The van der Waals surface area contributed by atoms with E-state index in [4.69, 9.17) is 9.47 Å². The normalized spacial score (nSPS) is 19.3. The monoisotopic (exact) mass is 400 g/mol. The van der Waals surface area contributed by atoms with Gasteiger partial charge in [0.1, 0.15) is 5.03 Å². The zero-order valence-electron chi connectivity index (χ0n) is 16.3. The van der Waals surface area contributed by atoms with Gasteiger partial charge in [0.25, 0.3) is 5.91 Å². The Hall–Kier alpha value is -2.38. The molecule has 148 valence electrons. The smallest absolute Gasteiger partial charge is 0.341 e. The highest BCUT2D eigenvalue weighted by Crippen LogP contribution is 2.29. The van der Waals surface area contributed by atoms with Crippen molar-refractivity contribution in [3.05, 3.63) is 53.7 Å². The summed E-state index contributed by atoms with van der Waals surface area (Å²) in [5.74, 6) is -0.766. The van der Waals surface area contributed by atoms with Crippen molar-refractivity contribution in [2.24, 2.45) is 0 Å². The molecule has 3 rings (SSSR count). The molecule has 28 heavy (non-hydrogen) atoms. The first-order valence-corrected chi connectivity index (χ1v) is 10.0. The van der Waals surface area contributed by atoms with Crippen molar-refractivity contribution in [1.82, 2.24) is 9.88 Å². The van der Waals surface area contributed by atoms with Gasteiger partial charge in [-0.2, -0.15) is 0 Å². The number of carbonyl (C=O) groups excluding carboxylic acids is 2. The van der Waals surface area contributed by atoms with Crippen molar-refractivity contribution in [2.75, 3.05) is 19.7 Å². The SMILES string of the molecule is Cc1ccc(Sc2ncccc2C(=O)OCC(=O)N2C[C@@H](C)O[C@@H](C)C2)cc1. The second-order valence-corrected chi connectivity index (χ2v) is 7.97. The molecule has 0 bridgehead atoms. The summed E-state index contributed by atoms with van der Waals surface area (Å²) in [4.78, 5) is 31.9. The maximum atomic E-state index is 12.6. The van der Waals surface area contributed by atoms with Crippen LogP contribution in [0, 0.1) is 6.92 Å². The highest BCUT2D eigenvalue weighted by molar-refractivity contribution is 7.99. The molecule has 1 amide bonds. The van der Waals surface area contributed by atoms with Crippen molar-refractivity contribution >= 4 is 23.6 Å². The molecular formula is C21H24N2O4S. The molecule has 0 saturated carbocycles. The lowest BCUT2D eigenvalue weighted by molar-refractivity contribution is -0.146. The molecular weight excluding hydrogens is 376 g/mol. The van der Waals surface area contributed by atoms with E-state index in [1.807, 2.05) is 45.0 Å². The minimum absolute atomic E-state index is 0.0285. The lowest BCUT2D eigenvalue weighted by atomic mass is 10.2. The molecule has 2 aromatic rings. The van der Waals surface area contributed by atoms with E-state index < -0.39 is 5.97 Å². The molecule has 1 aromatic carbocycles. The Morgan fingerprint density at radius 2 is 1.86 bits per heavy atom. The molecule has 2 heterocycles. The average molecular weight is 401 g/mol. The van der Waals surface area contributed by atoms with E-state index in [2.05, 4.69) is 4.98 Å². The van der Waals surface area contributed by atoms with E-state index in [1.54, 1.807) is 23.2 Å². The Bertz CT molecular complexity index is 831. The van der Waals surface area contributed by atoms with Gasteiger partial charge in [0.2, 0.25) is 0 Å². The number of hydrogen-bond acceptors (Lipinski definition) is 6. The number of esters is 1. The minimum Gasteiger partial charge on any atom is -0.452 e. The Morgan fingerprint density at radius 3 is 2.54 bits per heavy atom. The molecule has 2 atom stereocenters. The zero-order valence-corrected chi connectivity index (χ0v) is 17.1. The Morgan fingerprint density at radius 1 is 1.18 bits per heavy atom. The van der Waals surface area contributed by atoms with Crippen LogP contribution in [-0.4, -0.2) is 53.7 Å². The Kier molecular flexibility index (Phi) is 6.70. The molecule has 0 radical (unpaired) electrons. The van der Waals surface area contributed by atoms with Crippen LogP contribution in [0.5, 0.6) is 0 Å². The first kappa shape index (κ1) is 20.4. The van der Waals surface area contributed by atoms with Gasteiger partial charge in [0, 0.05) is 24.2 Å². The fraction of sp³-hybridized carbons (Fsp3) is 0.381. The van der Waals surface area contributed by atoms with E-state index in [9.17, 15) is 9.59 Å². The average Bonchev–Trinajstić information content (AvgIpc) is 2.67. The van der Waals surface area contributed by atoms with Gasteiger partial charge >= 0.3 is 5.97 Å². The molecule has 0 unspecified atom stereocenters. The number of ether oxygens (including phenoxy) is 2. The predicted octanol–water partition coefficient (Wildman–Crippen LogP) is 3.33. The predicted molar refractivity (Wildman–Crippen MR) is 106 cm³/mol. The highest BCUT2D eigenvalue weighted by atomic mass is 32.2. The highest BCUT2D eigenvalue weighted by Gasteiger charge is 2.26. The van der Waals surface area contributed by atoms with Gasteiger partial charge in [-0.3, -0.25) is 4.79 Å². The van der Waals surface area contributed by atoms with Gasteiger partial charge < -0.3 is 14.4 Å². The van der Waals surface area contributed by atoms with Gasteiger partial charge in [-0.1, -0.05) is 29.5 Å². The largest absolute Gasteiger partial charge is 0.452 e. The van der Waals surface area contributed by atoms with Crippen molar-refractivity contribution in [1.29, 1.82) is 0 Å². The van der Waals surface area contributed by atoms with Crippen molar-refractivity contribution < 1.29 is 19.1 Å². The van der Waals surface area contributed by atoms with E-state index in [1.165, 1.54) is 11.8 Å². The second-order valence-electron chi connectivity index (χ2n) is 6.90. The number of aromatic nitrogens is 1. The van der Waals surface area contributed by atoms with Crippen LogP contribution in [0.4, 0.5) is 0 Å². The third kappa shape index (κ3) is 5.33. The number of amides is 1. The molecule has 1 aliphatic rings. The van der Waals surface area contributed by atoms with Crippen LogP contribution in [-0.2, 0) is 14.3 Å². The van der Waals surface area contributed by atoms with Gasteiger partial charge in [0.05, 0.1) is 17.8 Å². The number of benzene rings is 1. The van der Waals surface area contributed by atoms with E-state index in [0.29, 0.717) is 23.7 Å². The number of carbonyl (C=O) groups is 2. The first-order chi connectivity index (χ1) is 13.4. The molecule has 0 aliphatic carbocycles. The molecule has 1 aliphatic heterocycles. The fourth-order valence-corrected chi connectivity index (χ4v) is 3.89. The lowest BCUT2D eigenvalue weighted by Gasteiger charge is -2.35. The third-order valence-corrected chi connectivity index (χ3v) is 5.35. The van der Waals surface area contributed by atoms with Gasteiger partial charge in [-0.05, 0) is 45.0 Å². The van der Waals surface area contributed by atoms with E-state index >= 15 is 0 Å². The zero-order chi connectivity index (χ0) is 20.1. The molecule has 1 aromatic heterocycles. The number of pyridine rings is 1. The number of aryl methyl sites for hydroxylation is 1. The molecule has 6 nitrogen and oxygen atoms in total. The summed E-state index contributed by atoms with van der Waals surface area (Å²) in [7, 11) is 0. The van der Waals surface area contributed by atoms with Crippen LogP contribution in [0.15, 0.2) is 52.5 Å². The van der Waals surface area contributed by atoms with Crippen LogP contribution in [0.25, 0.3) is 0 Å². The van der Waals surface area contributed by atoms with Crippen molar-refractivity contribution in [3.8, 4) is 0 Å². The Labute approximate surface area is 169 Å². The summed E-state index contributed by atoms with van der Waals surface area (Å²) in [5.41, 5.74) is 1.51. The molecule has 1 fully saturated rings. The number of rotatable bonds is 5. The van der Waals surface area contributed by atoms with Crippen LogP contribution in [0.3, 0.4) is 0 Å². The summed E-state index contributed by atoms with van der Waals surface area (Å²) in [6.07, 6.45) is 1.58. The first-order valence-electron chi connectivity index (χ1n) is 9.22. The number of hydrogen-bond donors (Lipinski definition) is 0. The van der Waals surface area contributed by atoms with Crippen molar-refractivity contribution in [3.63, 3.8) is 0 Å².